The van der Waals surface area contributed by atoms with Crippen molar-refractivity contribution in [1.29, 1.82) is 0 Å². The van der Waals surface area contributed by atoms with E-state index >= 15 is 0 Å². The Morgan fingerprint density at radius 2 is 1.50 bits per heavy atom. The van der Waals surface area contributed by atoms with Crippen LogP contribution < -0.4 is 10.2 Å². The van der Waals surface area contributed by atoms with Gasteiger partial charge in [0.2, 0.25) is 0 Å². The molecule has 0 saturated carbocycles. The summed E-state index contributed by atoms with van der Waals surface area (Å²) in [6.45, 7) is 3.31. The van der Waals surface area contributed by atoms with Gasteiger partial charge in [0, 0.05) is 44.5 Å². The number of aryl methyl sites for hydroxylation is 1. The maximum Gasteiger partial charge on any atom is 0.253 e. The molecule has 6 heteroatoms. The van der Waals surface area contributed by atoms with Crippen LogP contribution in [0.15, 0.2) is 91.1 Å². The Bertz CT molecular complexity index is 1330. The molecule has 0 bridgehead atoms. The molecule has 1 aliphatic heterocycles. The predicted molar refractivity (Wildman–Crippen MR) is 143 cm³/mol. The van der Waals surface area contributed by atoms with Gasteiger partial charge in [0.1, 0.15) is 5.82 Å². The van der Waals surface area contributed by atoms with Crippen LogP contribution in [0.5, 0.6) is 0 Å². The Kier molecular flexibility index (Phi) is 7.22. The predicted octanol–water partition coefficient (Wildman–Crippen LogP) is 4.56. The SMILES string of the molecule is O=C(NCCCc1ccccc1)c1ccc(N2CCN(C(=O)c3ccc4ccccc4c3)CC2)nc1. The molecule has 0 atom stereocenters. The van der Waals surface area contributed by atoms with Crippen LogP contribution in [0.25, 0.3) is 10.8 Å². The number of carbonyl (C=O) groups excluding carboxylic acids is 2. The Morgan fingerprint density at radius 1 is 0.778 bits per heavy atom. The van der Waals surface area contributed by atoms with E-state index in [1.165, 1.54) is 5.56 Å². The molecule has 1 saturated heterocycles. The highest BCUT2D eigenvalue weighted by Gasteiger charge is 2.23. The summed E-state index contributed by atoms with van der Waals surface area (Å²) in [4.78, 5) is 34.1. The number of nitrogens with one attached hydrogen (secondary N) is 1. The van der Waals surface area contributed by atoms with Gasteiger partial charge in [0.05, 0.1) is 5.56 Å². The quantitative estimate of drug-likeness (QED) is 0.396. The number of carbonyl (C=O) groups is 2. The fourth-order valence-electron chi connectivity index (χ4n) is 4.59. The van der Waals surface area contributed by atoms with Crippen LogP contribution in [0.2, 0.25) is 0 Å². The molecule has 4 aromatic rings. The zero-order valence-corrected chi connectivity index (χ0v) is 20.3. The van der Waals surface area contributed by atoms with Crippen molar-refractivity contribution in [3.8, 4) is 0 Å². The number of hydrogen-bond acceptors (Lipinski definition) is 4. The topological polar surface area (TPSA) is 65.5 Å². The fraction of sp³-hybridized carbons (Fsp3) is 0.233. The Hall–Kier alpha value is -4.19. The first-order valence-electron chi connectivity index (χ1n) is 12.5. The monoisotopic (exact) mass is 478 g/mol. The van der Waals surface area contributed by atoms with E-state index in [4.69, 9.17) is 0 Å². The summed E-state index contributed by atoms with van der Waals surface area (Å²) in [6, 6.07) is 27.9. The third-order valence-corrected chi connectivity index (χ3v) is 6.67. The highest BCUT2D eigenvalue weighted by atomic mass is 16.2. The number of amides is 2. The summed E-state index contributed by atoms with van der Waals surface area (Å²) < 4.78 is 0. The first-order chi connectivity index (χ1) is 17.7. The van der Waals surface area contributed by atoms with Crippen LogP contribution in [0, 0.1) is 0 Å². The molecule has 1 fully saturated rings. The van der Waals surface area contributed by atoms with Crippen molar-refractivity contribution in [3.05, 3.63) is 108 Å². The second-order valence-electron chi connectivity index (χ2n) is 9.09. The highest BCUT2D eigenvalue weighted by molar-refractivity contribution is 5.98. The van der Waals surface area contributed by atoms with Gasteiger partial charge in [0.25, 0.3) is 11.8 Å². The first-order valence-corrected chi connectivity index (χ1v) is 12.5. The summed E-state index contributed by atoms with van der Waals surface area (Å²) in [5.74, 6) is 0.786. The molecular weight excluding hydrogens is 448 g/mol. The largest absolute Gasteiger partial charge is 0.353 e. The van der Waals surface area contributed by atoms with Gasteiger partial charge >= 0.3 is 0 Å². The molecule has 182 valence electrons. The third-order valence-electron chi connectivity index (χ3n) is 6.67. The van der Waals surface area contributed by atoms with Crippen LogP contribution in [-0.4, -0.2) is 54.4 Å². The molecule has 2 amide bonds. The van der Waals surface area contributed by atoms with Crippen molar-refractivity contribution in [2.75, 3.05) is 37.6 Å². The highest BCUT2D eigenvalue weighted by Crippen LogP contribution is 2.19. The molecular formula is C30H30N4O2. The summed E-state index contributed by atoms with van der Waals surface area (Å²) in [5.41, 5.74) is 2.56. The van der Waals surface area contributed by atoms with Crippen LogP contribution in [0.3, 0.4) is 0 Å². The van der Waals surface area contributed by atoms with E-state index in [0.717, 1.165) is 35.0 Å². The molecule has 1 N–H and O–H groups in total. The van der Waals surface area contributed by atoms with Crippen molar-refractivity contribution in [2.45, 2.75) is 12.8 Å². The van der Waals surface area contributed by atoms with Crippen LogP contribution >= 0.6 is 0 Å². The van der Waals surface area contributed by atoms with Gasteiger partial charge in [-0.05, 0) is 53.4 Å². The molecule has 3 aromatic carbocycles. The molecule has 0 radical (unpaired) electrons. The minimum Gasteiger partial charge on any atom is -0.353 e. The molecule has 2 heterocycles. The molecule has 36 heavy (non-hydrogen) atoms. The zero-order chi connectivity index (χ0) is 24.7. The minimum atomic E-state index is -0.104. The molecule has 1 aromatic heterocycles. The molecule has 0 unspecified atom stereocenters. The normalized spacial score (nSPS) is 13.6. The number of hydrogen-bond donors (Lipinski definition) is 1. The number of aromatic nitrogens is 1. The number of nitrogens with zero attached hydrogens (tertiary/aromatic N) is 3. The molecule has 5 rings (SSSR count). The number of benzene rings is 3. The number of piperazine rings is 1. The Morgan fingerprint density at radius 3 is 2.25 bits per heavy atom. The number of pyridine rings is 1. The summed E-state index contributed by atoms with van der Waals surface area (Å²) in [7, 11) is 0. The van der Waals surface area contributed by atoms with E-state index < -0.39 is 0 Å². The van der Waals surface area contributed by atoms with E-state index in [1.807, 2.05) is 71.6 Å². The number of rotatable bonds is 7. The van der Waals surface area contributed by atoms with Gasteiger partial charge in [-0.15, -0.1) is 0 Å². The van der Waals surface area contributed by atoms with Crippen molar-refractivity contribution in [1.82, 2.24) is 15.2 Å². The van der Waals surface area contributed by atoms with E-state index in [-0.39, 0.29) is 11.8 Å². The lowest BCUT2D eigenvalue weighted by Crippen LogP contribution is -2.49. The average Bonchev–Trinajstić information content (AvgIpc) is 2.95. The smallest absolute Gasteiger partial charge is 0.253 e. The average molecular weight is 479 g/mol. The Balaban J connectivity index is 1.10. The van der Waals surface area contributed by atoms with E-state index in [0.29, 0.717) is 38.3 Å². The van der Waals surface area contributed by atoms with E-state index in [2.05, 4.69) is 33.4 Å². The lowest BCUT2D eigenvalue weighted by molar-refractivity contribution is 0.0746. The molecule has 0 aliphatic carbocycles. The van der Waals surface area contributed by atoms with Crippen molar-refractivity contribution in [2.24, 2.45) is 0 Å². The first kappa shape index (κ1) is 23.5. The Labute approximate surface area is 211 Å². The third kappa shape index (κ3) is 5.54. The second-order valence-corrected chi connectivity index (χ2v) is 9.09. The van der Waals surface area contributed by atoms with Gasteiger partial charge in [-0.3, -0.25) is 9.59 Å². The van der Waals surface area contributed by atoms with Crippen molar-refractivity contribution >= 4 is 28.4 Å². The van der Waals surface area contributed by atoms with Crippen molar-refractivity contribution in [3.63, 3.8) is 0 Å². The maximum atomic E-state index is 13.0. The maximum absolute atomic E-state index is 13.0. The molecule has 6 nitrogen and oxygen atoms in total. The molecule has 0 spiro atoms. The summed E-state index contributed by atoms with van der Waals surface area (Å²) >= 11 is 0. The second kappa shape index (κ2) is 11.0. The number of anilines is 1. The zero-order valence-electron chi connectivity index (χ0n) is 20.3. The van der Waals surface area contributed by atoms with Gasteiger partial charge in [0.15, 0.2) is 0 Å². The van der Waals surface area contributed by atoms with Gasteiger partial charge in [-0.25, -0.2) is 4.98 Å². The van der Waals surface area contributed by atoms with Gasteiger partial charge < -0.3 is 15.1 Å². The lowest BCUT2D eigenvalue weighted by Gasteiger charge is -2.35. The van der Waals surface area contributed by atoms with E-state index in [1.54, 1.807) is 6.20 Å². The number of fused-ring (bicyclic) bond motifs is 1. The molecule has 1 aliphatic rings. The van der Waals surface area contributed by atoms with Crippen molar-refractivity contribution < 1.29 is 9.59 Å². The van der Waals surface area contributed by atoms with Crippen LogP contribution in [-0.2, 0) is 6.42 Å². The lowest BCUT2D eigenvalue weighted by atomic mass is 10.1. The van der Waals surface area contributed by atoms with Gasteiger partial charge in [-0.2, -0.15) is 0 Å². The standard InChI is InChI=1S/C30H30N4O2/c35-29(31-16-6-9-23-7-2-1-3-8-23)27-14-15-28(32-22-27)33-17-19-34(20-18-33)30(36)26-13-12-24-10-4-5-11-25(24)21-26/h1-5,7-8,10-15,21-22H,6,9,16-20H2,(H,31,35). The van der Waals surface area contributed by atoms with Gasteiger partial charge in [-0.1, -0.05) is 60.7 Å². The summed E-state index contributed by atoms with van der Waals surface area (Å²) in [5, 5.41) is 5.19. The fourth-order valence-corrected chi connectivity index (χ4v) is 4.59. The summed E-state index contributed by atoms with van der Waals surface area (Å²) in [6.07, 6.45) is 3.46. The minimum absolute atomic E-state index is 0.0626. The van der Waals surface area contributed by atoms with Crippen LogP contribution in [0.4, 0.5) is 5.82 Å². The van der Waals surface area contributed by atoms with Crippen LogP contribution in [0.1, 0.15) is 32.7 Å². The van der Waals surface area contributed by atoms with E-state index in [9.17, 15) is 9.59 Å².